The lowest BCUT2D eigenvalue weighted by Gasteiger charge is -2.38. The van der Waals surface area contributed by atoms with E-state index in [-0.39, 0.29) is 28.8 Å². The number of pyridine rings is 1. The molecule has 0 spiro atoms. The van der Waals surface area contributed by atoms with E-state index in [0.717, 1.165) is 15.7 Å². The summed E-state index contributed by atoms with van der Waals surface area (Å²) in [4.78, 5) is 31.4. The average molecular weight is 629 g/mol. The van der Waals surface area contributed by atoms with E-state index in [1.807, 2.05) is 12.1 Å². The number of amides is 1. The lowest BCUT2D eigenvalue weighted by molar-refractivity contribution is -0.116. The molecule has 3 N–H and O–H groups in total. The van der Waals surface area contributed by atoms with Crippen molar-refractivity contribution in [2.24, 2.45) is 5.73 Å². The second kappa shape index (κ2) is 11.2. The Morgan fingerprint density at radius 3 is 2.76 bits per heavy atom. The molecule has 13 heteroatoms. The Morgan fingerprint density at radius 1 is 1.26 bits per heavy atom. The Bertz CT molecular complexity index is 1510. The number of nitrogens with two attached hydrogens (primary N) is 1. The second-order valence-corrected chi connectivity index (χ2v) is 11.9. The van der Waals surface area contributed by atoms with Crippen LogP contribution in [0.3, 0.4) is 0 Å². The lowest BCUT2D eigenvalue weighted by atomic mass is 9.76. The smallest absolute Gasteiger partial charge is 0.235 e. The number of rotatable bonds is 6. The van der Waals surface area contributed by atoms with Crippen molar-refractivity contribution in [2.75, 3.05) is 16.0 Å². The van der Waals surface area contributed by atoms with Crippen LogP contribution in [-0.2, 0) is 9.59 Å². The summed E-state index contributed by atoms with van der Waals surface area (Å²) in [6, 6.07) is 12.8. The number of aromatic nitrogens is 3. The summed E-state index contributed by atoms with van der Waals surface area (Å²) >= 11 is 11.9. The van der Waals surface area contributed by atoms with Crippen LogP contribution in [0.25, 0.3) is 0 Å². The third kappa shape index (κ3) is 5.33. The SMILES string of the molecule is N#CC1=C(N)N(c2nnc(SCC(=O)Nc3ccc(Br)cn3)s2)C2=C(C(=O)CCC2)C1c1ccc(Cl)cc1. The summed E-state index contributed by atoms with van der Waals surface area (Å²) in [6.07, 6.45) is 3.27. The zero-order valence-corrected chi connectivity index (χ0v) is 23.6. The highest BCUT2D eigenvalue weighted by molar-refractivity contribution is 9.10. The number of halogens is 2. The monoisotopic (exact) mass is 627 g/mol. The van der Waals surface area contributed by atoms with Crippen molar-refractivity contribution in [1.29, 1.82) is 5.26 Å². The highest BCUT2D eigenvalue weighted by Gasteiger charge is 2.41. The van der Waals surface area contributed by atoms with E-state index in [4.69, 9.17) is 17.3 Å². The Hall–Kier alpha value is -3.24. The number of nitriles is 1. The molecule has 3 aromatic rings. The molecule has 2 aromatic heterocycles. The van der Waals surface area contributed by atoms with Crippen LogP contribution in [-0.4, -0.2) is 32.6 Å². The molecule has 0 saturated carbocycles. The zero-order chi connectivity index (χ0) is 26.8. The summed E-state index contributed by atoms with van der Waals surface area (Å²) < 4.78 is 1.36. The highest BCUT2D eigenvalue weighted by atomic mass is 79.9. The van der Waals surface area contributed by atoms with E-state index in [2.05, 4.69) is 42.5 Å². The molecule has 192 valence electrons. The van der Waals surface area contributed by atoms with Gasteiger partial charge in [-0.2, -0.15) is 5.26 Å². The molecule has 1 aliphatic heterocycles. The van der Waals surface area contributed by atoms with Crippen molar-refractivity contribution in [3.05, 3.63) is 80.3 Å². The van der Waals surface area contributed by atoms with E-state index in [0.29, 0.717) is 45.1 Å². The van der Waals surface area contributed by atoms with Gasteiger partial charge in [0, 0.05) is 33.4 Å². The minimum absolute atomic E-state index is 0.0196. The fraction of sp³-hybridized carbons (Fsp3) is 0.200. The lowest BCUT2D eigenvalue weighted by Crippen LogP contribution is -2.38. The first-order valence-electron chi connectivity index (χ1n) is 11.4. The van der Waals surface area contributed by atoms with Gasteiger partial charge in [0.05, 0.1) is 23.3 Å². The number of benzene rings is 1. The Morgan fingerprint density at radius 2 is 2.05 bits per heavy atom. The van der Waals surface area contributed by atoms with E-state index in [9.17, 15) is 14.9 Å². The predicted octanol–water partition coefficient (Wildman–Crippen LogP) is 5.38. The maximum Gasteiger partial charge on any atom is 0.235 e. The van der Waals surface area contributed by atoms with Crippen molar-refractivity contribution < 1.29 is 9.59 Å². The van der Waals surface area contributed by atoms with Crippen molar-refractivity contribution in [3.8, 4) is 6.07 Å². The van der Waals surface area contributed by atoms with Gasteiger partial charge in [-0.3, -0.25) is 14.5 Å². The Labute approximate surface area is 239 Å². The number of nitrogens with one attached hydrogen (secondary N) is 1. The van der Waals surface area contributed by atoms with Crippen LogP contribution < -0.4 is 16.0 Å². The first-order valence-corrected chi connectivity index (χ1v) is 14.4. The van der Waals surface area contributed by atoms with Crippen molar-refractivity contribution in [3.63, 3.8) is 0 Å². The predicted molar refractivity (Wildman–Crippen MR) is 151 cm³/mol. The number of ketones is 1. The van der Waals surface area contributed by atoms with Crippen LogP contribution in [0.5, 0.6) is 0 Å². The van der Waals surface area contributed by atoms with Crippen LogP contribution >= 0.6 is 50.6 Å². The summed E-state index contributed by atoms with van der Waals surface area (Å²) in [6.45, 7) is 0. The molecule has 1 amide bonds. The molecular weight excluding hydrogens is 610 g/mol. The molecule has 1 aromatic carbocycles. The van der Waals surface area contributed by atoms with Gasteiger partial charge in [-0.25, -0.2) is 4.98 Å². The standard InChI is InChI=1S/C25H19BrClN7O2S2/c26-14-6-9-19(30-11-14)31-20(36)12-37-25-33-32-24(38-25)34-17-2-1-3-18(35)22(17)21(16(10-28)23(34)29)13-4-7-15(27)8-5-13/h4-9,11,21H,1-3,12,29H2,(H,30,31,36). The maximum absolute atomic E-state index is 13.2. The number of nitrogens with zero attached hydrogens (tertiary/aromatic N) is 5. The number of hydrogen-bond acceptors (Lipinski definition) is 10. The second-order valence-electron chi connectivity index (χ2n) is 8.42. The maximum atomic E-state index is 13.2. The third-order valence-electron chi connectivity index (χ3n) is 6.03. The topological polar surface area (TPSA) is 138 Å². The number of hydrogen-bond donors (Lipinski definition) is 2. The van der Waals surface area contributed by atoms with Gasteiger partial charge >= 0.3 is 0 Å². The van der Waals surface area contributed by atoms with Gasteiger partial charge < -0.3 is 11.1 Å². The van der Waals surface area contributed by atoms with E-state index in [1.54, 1.807) is 35.4 Å². The number of carbonyl (C=O) groups is 2. The molecule has 5 rings (SSSR count). The first-order chi connectivity index (χ1) is 18.4. The van der Waals surface area contributed by atoms with Gasteiger partial charge in [0.15, 0.2) is 10.1 Å². The van der Waals surface area contributed by atoms with Gasteiger partial charge in [-0.1, -0.05) is 46.8 Å². The fourth-order valence-corrected chi connectivity index (χ4v) is 6.44. The summed E-state index contributed by atoms with van der Waals surface area (Å²) in [5, 5.41) is 22.4. The molecule has 38 heavy (non-hydrogen) atoms. The number of anilines is 2. The van der Waals surface area contributed by atoms with Crippen molar-refractivity contribution >= 4 is 73.3 Å². The van der Waals surface area contributed by atoms with E-state index < -0.39 is 5.92 Å². The van der Waals surface area contributed by atoms with Crippen molar-refractivity contribution in [2.45, 2.75) is 29.5 Å². The van der Waals surface area contributed by atoms with Gasteiger partial charge in [-0.05, 0) is 58.6 Å². The molecule has 1 aliphatic carbocycles. The van der Waals surface area contributed by atoms with Crippen molar-refractivity contribution in [1.82, 2.24) is 15.2 Å². The molecule has 2 aliphatic rings. The molecule has 0 fully saturated rings. The fourth-order valence-electron chi connectivity index (χ4n) is 4.40. The van der Waals surface area contributed by atoms with E-state index >= 15 is 0 Å². The minimum Gasteiger partial charge on any atom is -0.384 e. The highest BCUT2D eigenvalue weighted by Crippen LogP contribution is 2.47. The van der Waals surface area contributed by atoms with Gasteiger partial charge in [0.25, 0.3) is 0 Å². The van der Waals surface area contributed by atoms with Crippen LogP contribution in [0.4, 0.5) is 10.9 Å². The molecule has 0 radical (unpaired) electrons. The Kier molecular flexibility index (Phi) is 7.80. The summed E-state index contributed by atoms with van der Waals surface area (Å²) in [5.41, 5.74) is 8.90. The van der Waals surface area contributed by atoms with Gasteiger partial charge in [-0.15, -0.1) is 10.2 Å². The Balaban J connectivity index is 1.41. The van der Waals surface area contributed by atoms with Gasteiger partial charge in [0.1, 0.15) is 11.6 Å². The van der Waals surface area contributed by atoms with Crippen LogP contribution in [0.15, 0.2) is 74.1 Å². The van der Waals surface area contributed by atoms with Crippen LogP contribution in [0.1, 0.15) is 30.7 Å². The number of Topliss-reactive ketones (excluding diaryl/α,β-unsaturated/α-hetero) is 1. The van der Waals surface area contributed by atoms with Crippen LogP contribution in [0.2, 0.25) is 5.02 Å². The zero-order valence-electron chi connectivity index (χ0n) is 19.6. The first kappa shape index (κ1) is 26.4. The molecule has 1 atom stereocenters. The average Bonchev–Trinajstić information content (AvgIpc) is 3.37. The molecule has 1 unspecified atom stereocenters. The van der Waals surface area contributed by atoms with Gasteiger partial charge in [0.2, 0.25) is 11.0 Å². The molecule has 3 heterocycles. The van der Waals surface area contributed by atoms with Crippen LogP contribution in [0, 0.1) is 11.3 Å². The molecule has 9 nitrogen and oxygen atoms in total. The summed E-state index contributed by atoms with van der Waals surface area (Å²) in [7, 11) is 0. The third-order valence-corrected chi connectivity index (χ3v) is 8.79. The van der Waals surface area contributed by atoms with E-state index in [1.165, 1.54) is 23.1 Å². The quantitative estimate of drug-likeness (QED) is 0.344. The normalized spacial score (nSPS) is 17.3. The molecule has 0 saturated heterocycles. The number of carbonyl (C=O) groups excluding carboxylic acids is 2. The largest absolute Gasteiger partial charge is 0.384 e. The number of allylic oxidation sites excluding steroid dienone is 3. The molecule has 0 bridgehead atoms. The summed E-state index contributed by atoms with van der Waals surface area (Å²) in [5.74, 6) is -0.0646. The minimum atomic E-state index is -0.575. The number of thioether (sulfide) groups is 1. The molecular formula is C25H19BrClN7O2S2.